The summed E-state index contributed by atoms with van der Waals surface area (Å²) in [5, 5.41) is 3.38. The third kappa shape index (κ3) is 5.26. The lowest BCUT2D eigenvalue weighted by atomic mass is 10.2. The van der Waals surface area contributed by atoms with Crippen molar-refractivity contribution in [3.63, 3.8) is 0 Å². The second-order valence-electron chi connectivity index (χ2n) is 5.64. The van der Waals surface area contributed by atoms with Gasteiger partial charge in [0, 0.05) is 25.3 Å². The van der Waals surface area contributed by atoms with Crippen molar-refractivity contribution in [1.29, 1.82) is 0 Å². The first-order valence-corrected chi connectivity index (χ1v) is 7.79. The van der Waals surface area contributed by atoms with Gasteiger partial charge in [-0.3, -0.25) is 4.98 Å². The highest BCUT2D eigenvalue weighted by Gasteiger charge is 2.19. The molecule has 1 aliphatic heterocycles. The van der Waals surface area contributed by atoms with E-state index in [4.69, 9.17) is 9.47 Å². The number of ether oxygens (including phenoxy) is 2. The van der Waals surface area contributed by atoms with Gasteiger partial charge in [-0.25, -0.2) is 0 Å². The van der Waals surface area contributed by atoms with Crippen LogP contribution in [-0.4, -0.2) is 55.9 Å². The van der Waals surface area contributed by atoms with E-state index in [1.165, 1.54) is 0 Å². The zero-order valence-corrected chi connectivity index (χ0v) is 13.4. The number of nitrogens with one attached hydrogen (secondary N) is 1. The number of morpholine rings is 1. The zero-order chi connectivity index (χ0) is 15.1. The normalized spacial score (nSPS) is 19.7. The van der Waals surface area contributed by atoms with Crippen molar-refractivity contribution >= 4 is 0 Å². The molecular formula is C16H27N3O2. The van der Waals surface area contributed by atoms with E-state index in [1.807, 2.05) is 19.1 Å². The molecule has 21 heavy (non-hydrogen) atoms. The molecule has 118 valence electrons. The summed E-state index contributed by atoms with van der Waals surface area (Å²) < 4.78 is 11.7. The van der Waals surface area contributed by atoms with Crippen LogP contribution in [0.25, 0.3) is 0 Å². The SMILES string of the molecule is CCCNCc1nc(C)ccc1OCC1CN(C)CCO1. The van der Waals surface area contributed by atoms with Gasteiger partial charge in [0.1, 0.15) is 18.5 Å². The molecule has 1 aliphatic rings. The lowest BCUT2D eigenvalue weighted by Crippen LogP contribution is -2.42. The van der Waals surface area contributed by atoms with Crippen molar-refractivity contribution in [1.82, 2.24) is 15.2 Å². The van der Waals surface area contributed by atoms with Crippen LogP contribution in [0.2, 0.25) is 0 Å². The van der Waals surface area contributed by atoms with E-state index in [9.17, 15) is 0 Å². The molecule has 0 spiro atoms. The zero-order valence-electron chi connectivity index (χ0n) is 13.4. The topological polar surface area (TPSA) is 46.6 Å². The van der Waals surface area contributed by atoms with Gasteiger partial charge < -0.3 is 19.7 Å². The molecule has 1 fully saturated rings. The van der Waals surface area contributed by atoms with E-state index in [2.05, 4.69) is 29.2 Å². The Hall–Kier alpha value is -1.17. The van der Waals surface area contributed by atoms with Gasteiger partial charge in [-0.15, -0.1) is 0 Å². The predicted octanol–water partition coefficient (Wildman–Crippen LogP) is 1.60. The summed E-state index contributed by atoms with van der Waals surface area (Å²) in [6.07, 6.45) is 1.26. The molecule has 5 nitrogen and oxygen atoms in total. The Morgan fingerprint density at radius 2 is 2.33 bits per heavy atom. The van der Waals surface area contributed by atoms with E-state index in [0.29, 0.717) is 6.61 Å². The molecule has 0 radical (unpaired) electrons. The Bertz CT molecular complexity index is 440. The summed E-state index contributed by atoms with van der Waals surface area (Å²) >= 11 is 0. The fourth-order valence-corrected chi connectivity index (χ4v) is 2.39. The predicted molar refractivity (Wildman–Crippen MR) is 83.7 cm³/mol. The number of hydrogen-bond donors (Lipinski definition) is 1. The Labute approximate surface area is 127 Å². The van der Waals surface area contributed by atoms with Crippen LogP contribution in [-0.2, 0) is 11.3 Å². The van der Waals surface area contributed by atoms with Crippen molar-refractivity contribution in [3.05, 3.63) is 23.5 Å². The summed E-state index contributed by atoms with van der Waals surface area (Å²) in [7, 11) is 2.11. The highest BCUT2D eigenvalue weighted by Crippen LogP contribution is 2.18. The first kappa shape index (κ1) is 16.2. The molecule has 5 heteroatoms. The third-order valence-electron chi connectivity index (χ3n) is 3.56. The molecule has 0 bridgehead atoms. The average molecular weight is 293 g/mol. The maximum atomic E-state index is 5.96. The summed E-state index contributed by atoms with van der Waals surface area (Å²) in [6, 6.07) is 4.00. The van der Waals surface area contributed by atoms with E-state index in [0.717, 1.165) is 56.3 Å². The van der Waals surface area contributed by atoms with Gasteiger partial charge in [0.25, 0.3) is 0 Å². The molecule has 0 aliphatic carbocycles. The Balaban J connectivity index is 1.91. The van der Waals surface area contributed by atoms with Crippen LogP contribution in [0.3, 0.4) is 0 Å². The first-order chi connectivity index (χ1) is 10.2. The minimum atomic E-state index is 0.140. The molecule has 1 aromatic heterocycles. The average Bonchev–Trinajstić information content (AvgIpc) is 2.47. The first-order valence-electron chi connectivity index (χ1n) is 7.79. The van der Waals surface area contributed by atoms with Gasteiger partial charge in [0.05, 0.1) is 12.3 Å². The Kier molecular flexibility index (Phi) is 6.42. The van der Waals surface area contributed by atoms with Gasteiger partial charge >= 0.3 is 0 Å². The molecule has 1 N–H and O–H groups in total. The van der Waals surface area contributed by atoms with Crippen molar-refractivity contribution in [2.45, 2.75) is 32.9 Å². The molecule has 0 saturated carbocycles. The van der Waals surface area contributed by atoms with Crippen LogP contribution in [0.5, 0.6) is 5.75 Å². The van der Waals surface area contributed by atoms with Gasteiger partial charge in [-0.05, 0) is 39.1 Å². The fraction of sp³-hybridized carbons (Fsp3) is 0.688. The second-order valence-corrected chi connectivity index (χ2v) is 5.64. The molecule has 0 amide bonds. The molecule has 1 unspecified atom stereocenters. The monoisotopic (exact) mass is 293 g/mol. The van der Waals surface area contributed by atoms with Crippen LogP contribution in [0, 0.1) is 6.92 Å². The molecule has 0 aromatic carbocycles. The summed E-state index contributed by atoms with van der Waals surface area (Å²) in [6.45, 7) is 9.17. The highest BCUT2D eigenvalue weighted by atomic mass is 16.5. The maximum Gasteiger partial charge on any atom is 0.142 e. The second kappa shape index (κ2) is 8.32. The number of likely N-dealkylation sites (N-methyl/N-ethyl adjacent to an activating group) is 1. The van der Waals surface area contributed by atoms with Crippen LogP contribution in [0.4, 0.5) is 0 Å². The van der Waals surface area contributed by atoms with Crippen molar-refractivity contribution < 1.29 is 9.47 Å². The lowest BCUT2D eigenvalue weighted by molar-refractivity contribution is -0.0405. The maximum absolute atomic E-state index is 5.96. The summed E-state index contributed by atoms with van der Waals surface area (Å²) in [5.74, 6) is 0.862. The number of hydrogen-bond acceptors (Lipinski definition) is 5. The number of aryl methyl sites for hydroxylation is 1. The Morgan fingerprint density at radius 1 is 1.48 bits per heavy atom. The number of nitrogens with zero attached hydrogens (tertiary/aromatic N) is 2. The molecule has 1 saturated heterocycles. The number of pyridine rings is 1. The molecular weight excluding hydrogens is 266 g/mol. The standard InChI is InChI=1S/C16H27N3O2/c1-4-7-17-10-15-16(6-5-13(2)18-15)21-12-14-11-19(3)8-9-20-14/h5-6,14,17H,4,7-12H2,1-3H3. The van der Waals surface area contributed by atoms with E-state index < -0.39 is 0 Å². The molecule has 2 heterocycles. The van der Waals surface area contributed by atoms with Gasteiger partial charge in [-0.2, -0.15) is 0 Å². The third-order valence-corrected chi connectivity index (χ3v) is 3.56. The quantitative estimate of drug-likeness (QED) is 0.774. The van der Waals surface area contributed by atoms with Crippen molar-refractivity contribution in [2.24, 2.45) is 0 Å². The Morgan fingerprint density at radius 3 is 3.10 bits per heavy atom. The van der Waals surface area contributed by atoms with Crippen LogP contribution in [0.1, 0.15) is 24.7 Å². The largest absolute Gasteiger partial charge is 0.489 e. The van der Waals surface area contributed by atoms with Crippen molar-refractivity contribution in [3.8, 4) is 5.75 Å². The van der Waals surface area contributed by atoms with E-state index >= 15 is 0 Å². The molecule has 2 rings (SSSR count). The van der Waals surface area contributed by atoms with Crippen molar-refractivity contribution in [2.75, 3.05) is 39.9 Å². The minimum absolute atomic E-state index is 0.140. The minimum Gasteiger partial charge on any atom is -0.489 e. The highest BCUT2D eigenvalue weighted by molar-refractivity contribution is 5.29. The van der Waals surface area contributed by atoms with Crippen LogP contribution >= 0.6 is 0 Å². The lowest BCUT2D eigenvalue weighted by Gasteiger charge is -2.30. The van der Waals surface area contributed by atoms with E-state index in [1.54, 1.807) is 0 Å². The summed E-state index contributed by atoms with van der Waals surface area (Å²) in [4.78, 5) is 6.86. The van der Waals surface area contributed by atoms with Gasteiger partial charge in [0.15, 0.2) is 0 Å². The number of rotatable bonds is 7. The summed E-state index contributed by atoms with van der Waals surface area (Å²) in [5.41, 5.74) is 2.00. The van der Waals surface area contributed by atoms with E-state index in [-0.39, 0.29) is 6.10 Å². The smallest absolute Gasteiger partial charge is 0.142 e. The van der Waals surface area contributed by atoms with Gasteiger partial charge in [-0.1, -0.05) is 6.92 Å². The van der Waals surface area contributed by atoms with Gasteiger partial charge in [0.2, 0.25) is 0 Å². The number of aromatic nitrogens is 1. The van der Waals surface area contributed by atoms with Crippen LogP contribution < -0.4 is 10.1 Å². The fourth-order valence-electron chi connectivity index (χ4n) is 2.39. The molecule has 1 aromatic rings. The molecule has 1 atom stereocenters. The van der Waals surface area contributed by atoms with Crippen LogP contribution in [0.15, 0.2) is 12.1 Å².